The third-order valence-corrected chi connectivity index (χ3v) is 4.14. The van der Waals surface area contributed by atoms with Gasteiger partial charge in [0.1, 0.15) is 17.4 Å². The second-order valence-corrected chi connectivity index (χ2v) is 5.91. The van der Waals surface area contributed by atoms with Crippen LogP contribution in [0.2, 0.25) is 0 Å². The predicted octanol–water partition coefficient (Wildman–Crippen LogP) is 3.09. The lowest BCUT2D eigenvalue weighted by Gasteiger charge is -2.23. The summed E-state index contributed by atoms with van der Waals surface area (Å²) in [6.45, 7) is 1.29. The Bertz CT molecular complexity index is 828. The number of furan rings is 1. The van der Waals surface area contributed by atoms with Crippen molar-refractivity contribution >= 4 is 18.0 Å². The molecule has 1 aromatic carbocycles. The number of nitrogens with zero attached hydrogens (tertiary/aromatic N) is 2. The molecule has 1 saturated heterocycles. The van der Waals surface area contributed by atoms with Gasteiger partial charge in [-0.25, -0.2) is 4.79 Å². The van der Waals surface area contributed by atoms with E-state index in [0.29, 0.717) is 24.4 Å². The molecule has 3 rings (SSSR count). The molecule has 0 bridgehead atoms. The van der Waals surface area contributed by atoms with Crippen LogP contribution in [0.5, 0.6) is 0 Å². The van der Waals surface area contributed by atoms with Gasteiger partial charge < -0.3 is 14.1 Å². The predicted molar refractivity (Wildman–Crippen MR) is 93.4 cm³/mol. The number of ether oxygens (including phenoxy) is 1. The summed E-state index contributed by atoms with van der Waals surface area (Å²) < 4.78 is 10.6. The van der Waals surface area contributed by atoms with E-state index in [0.717, 1.165) is 12.8 Å². The Morgan fingerprint density at radius 3 is 2.50 bits per heavy atom. The largest absolute Gasteiger partial charge is 0.465 e. The van der Waals surface area contributed by atoms with E-state index < -0.39 is 12.1 Å². The number of hydrogen-bond acceptors (Lipinski definition) is 5. The van der Waals surface area contributed by atoms with E-state index in [1.165, 1.54) is 12.3 Å². The molecule has 2 aromatic rings. The van der Waals surface area contributed by atoms with Gasteiger partial charge in [-0.05, 0) is 25.0 Å². The van der Waals surface area contributed by atoms with Crippen molar-refractivity contribution in [3.8, 4) is 6.07 Å². The van der Waals surface area contributed by atoms with Crippen molar-refractivity contribution in [1.29, 1.82) is 5.26 Å². The van der Waals surface area contributed by atoms with Gasteiger partial charge in [0.25, 0.3) is 5.91 Å². The zero-order valence-corrected chi connectivity index (χ0v) is 14.1. The monoisotopic (exact) mass is 350 g/mol. The van der Waals surface area contributed by atoms with Gasteiger partial charge >= 0.3 is 5.97 Å². The van der Waals surface area contributed by atoms with Crippen molar-refractivity contribution in [2.75, 3.05) is 13.1 Å². The number of carbonyl (C=O) groups is 2. The number of likely N-dealkylation sites (tertiary alicyclic amines) is 1. The molecular weight excluding hydrogens is 332 g/mol. The van der Waals surface area contributed by atoms with Crippen LogP contribution >= 0.6 is 0 Å². The molecule has 0 radical (unpaired) electrons. The first-order valence-electron chi connectivity index (χ1n) is 8.39. The summed E-state index contributed by atoms with van der Waals surface area (Å²) >= 11 is 0. The summed E-state index contributed by atoms with van der Waals surface area (Å²) in [6.07, 6.45) is 3.53. The molecule has 6 nitrogen and oxygen atoms in total. The molecule has 2 heterocycles. The van der Waals surface area contributed by atoms with E-state index in [4.69, 9.17) is 9.15 Å². The van der Waals surface area contributed by atoms with Crippen LogP contribution in [0.15, 0.2) is 58.7 Å². The SMILES string of the molecule is N#C/C(=C\c1ccco1)C(=O)O[C@H](C(=O)N1CCCC1)c1ccccc1. The fourth-order valence-electron chi connectivity index (χ4n) is 2.82. The van der Waals surface area contributed by atoms with E-state index >= 15 is 0 Å². The van der Waals surface area contributed by atoms with E-state index in [9.17, 15) is 14.9 Å². The van der Waals surface area contributed by atoms with Crippen LogP contribution in [0.1, 0.15) is 30.3 Å². The lowest BCUT2D eigenvalue weighted by Crippen LogP contribution is -2.35. The molecular formula is C20H18N2O4. The lowest BCUT2D eigenvalue weighted by atomic mass is 10.1. The molecule has 1 aliphatic rings. The summed E-state index contributed by atoms with van der Waals surface area (Å²) in [7, 11) is 0. The maximum atomic E-state index is 12.8. The van der Waals surface area contributed by atoms with Crippen LogP contribution in [0.4, 0.5) is 0 Å². The highest BCUT2D eigenvalue weighted by atomic mass is 16.5. The maximum absolute atomic E-state index is 12.8. The average Bonchev–Trinajstić information content (AvgIpc) is 3.38. The first kappa shape index (κ1) is 17.5. The highest BCUT2D eigenvalue weighted by Crippen LogP contribution is 2.24. The van der Waals surface area contributed by atoms with Crippen molar-refractivity contribution < 1.29 is 18.7 Å². The summed E-state index contributed by atoms with van der Waals surface area (Å²) in [5.41, 5.74) is 0.350. The van der Waals surface area contributed by atoms with Gasteiger partial charge in [-0.1, -0.05) is 30.3 Å². The Kier molecular flexibility index (Phi) is 5.49. The van der Waals surface area contributed by atoms with Crippen molar-refractivity contribution in [3.05, 3.63) is 65.6 Å². The highest BCUT2D eigenvalue weighted by molar-refractivity contribution is 5.99. The number of rotatable bonds is 5. The molecule has 132 valence electrons. The van der Waals surface area contributed by atoms with E-state index in [2.05, 4.69) is 0 Å². The van der Waals surface area contributed by atoms with Gasteiger partial charge in [-0.15, -0.1) is 0 Å². The van der Waals surface area contributed by atoms with E-state index in [1.807, 2.05) is 12.1 Å². The Labute approximate surface area is 151 Å². The molecule has 1 fully saturated rings. The van der Waals surface area contributed by atoms with Crippen LogP contribution in [-0.2, 0) is 14.3 Å². The molecule has 0 unspecified atom stereocenters. The molecule has 1 amide bonds. The lowest BCUT2D eigenvalue weighted by molar-refractivity contribution is -0.157. The van der Waals surface area contributed by atoms with Crippen molar-refractivity contribution in [3.63, 3.8) is 0 Å². The standard InChI is InChI=1S/C20H18N2O4/c21-14-16(13-17-9-6-12-25-17)20(24)26-18(15-7-2-1-3-8-15)19(23)22-10-4-5-11-22/h1-3,6-9,12-13,18H,4-5,10-11H2/b16-13+/t18-/m0/s1. The first-order valence-corrected chi connectivity index (χ1v) is 8.39. The van der Waals surface area contributed by atoms with Crippen LogP contribution in [0.25, 0.3) is 6.08 Å². The number of hydrogen-bond donors (Lipinski definition) is 0. The van der Waals surface area contributed by atoms with Crippen LogP contribution in [-0.4, -0.2) is 29.9 Å². The molecule has 0 aliphatic carbocycles. The first-order chi connectivity index (χ1) is 12.7. The van der Waals surface area contributed by atoms with Crippen molar-refractivity contribution in [1.82, 2.24) is 4.90 Å². The molecule has 1 aliphatic heterocycles. The Morgan fingerprint density at radius 1 is 1.15 bits per heavy atom. The number of benzene rings is 1. The minimum Gasteiger partial charge on any atom is -0.465 e. The van der Waals surface area contributed by atoms with Gasteiger partial charge in [0.15, 0.2) is 0 Å². The quantitative estimate of drug-likeness (QED) is 0.470. The Hall–Kier alpha value is -3.33. The van der Waals surface area contributed by atoms with E-state index in [1.54, 1.807) is 41.3 Å². The second-order valence-electron chi connectivity index (χ2n) is 5.91. The second kappa shape index (κ2) is 8.17. The third-order valence-electron chi connectivity index (χ3n) is 4.14. The van der Waals surface area contributed by atoms with Crippen LogP contribution in [0.3, 0.4) is 0 Å². The third kappa shape index (κ3) is 4.01. The van der Waals surface area contributed by atoms with Gasteiger partial charge in [0, 0.05) is 24.7 Å². The molecule has 26 heavy (non-hydrogen) atoms. The summed E-state index contributed by atoms with van der Waals surface area (Å²) in [6, 6.07) is 13.9. The van der Waals surface area contributed by atoms with Crippen molar-refractivity contribution in [2.24, 2.45) is 0 Å². The average molecular weight is 350 g/mol. The summed E-state index contributed by atoms with van der Waals surface area (Å²) in [5, 5.41) is 9.27. The highest BCUT2D eigenvalue weighted by Gasteiger charge is 2.31. The fraction of sp³-hybridized carbons (Fsp3) is 0.250. The Balaban J connectivity index is 1.84. The zero-order chi connectivity index (χ0) is 18.4. The topological polar surface area (TPSA) is 83.5 Å². The smallest absolute Gasteiger partial charge is 0.350 e. The molecule has 0 saturated carbocycles. The van der Waals surface area contributed by atoms with Gasteiger partial charge in [0.05, 0.1) is 6.26 Å². The fourth-order valence-corrected chi connectivity index (χ4v) is 2.82. The number of nitriles is 1. The minimum absolute atomic E-state index is 0.227. The summed E-state index contributed by atoms with van der Waals surface area (Å²) in [4.78, 5) is 27.0. The Morgan fingerprint density at radius 2 is 1.88 bits per heavy atom. The van der Waals surface area contributed by atoms with Gasteiger partial charge in [-0.2, -0.15) is 5.26 Å². The summed E-state index contributed by atoms with van der Waals surface area (Å²) in [5.74, 6) is -0.761. The van der Waals surface area contributed by atoms with Crippen molar-refractivity contribution in [2.45, 2.75) is 18.9 Å². The van der Waals surface area contributed by atoms with Gasteiger partial charge in [0.2, 0.25) is 6.10 Å². The molecule has 0 spiro atoms. The van der Waals surface area contributed by atoms with Crippen LogP contribution < -0.4 is 0 Å². The number of esters is 1. The molecule has 1 atom stereocenters. The number of carbonyl (C=O) groups excluding carboxylic acids is 2. The minimum atomic E-state index is -1.07. The molecule has 1 aromatic heterocycles. The van der Waals surface area contributed by atoms with Crippen LogP contribution in [0, 0.1) is 11.3 Å². The maximum Gasteiger partial charge on any atom is 0.350 e. The zero-order valence-electron chi connectivity index (χ0n) is 14.1. The van der Waals surface area contributed by atoms with Gasteiger partial charge in [-0.3, -0.25) is 4.79 Å². The normalized spacial score (nSPS) is 15.3. The molecule has 6 heteroatoms. The molecule has 0 N–H and O–H groups in total. The number of amides is 1. The van der Waals surface area contributed by atoms with E-state index in [-0.39, 0.29) is 11.5 Å².